The average molecular weight is 151 g/mol. The molecule has 0 fully saturated rings. The fourth-order valence-corrected chi connectivity index (χ4v) is 0.695. The van der Waals surface area contributed by atoms with Gasteiger partial charge in [0.25, 0.3) is 0 Å². The van der Waals surface area contributed by atoms with Gasteiger partial charge in [-0.1, -0.05) is 5.16 Å². The topological polar surface area (TPSA) is 47.6 Å². The minimum Gasteiger partial charge on any atom is -0.391 e. The van der Waals surface area contributed by atoms with Crippen molar-refractivity contribution in [3.63, 3.8) is 0 Å². The zero-order valence-electron chi connectivity index (χ0n) is 5.33. The second-order valence-electron chi connectivity index (χ2n) is 1.99. The Morgan fingerprint density at radius 3 is 2.78 bits per heavy atom. The van der Waals surface area contributed by atoms with E-state index in [9.17, 15) is 0 Å². The highest BCUT2D eigenvalue weighted by atomic mass is 35.5. The van der Waals surface area contributed by atoms with Gasteiger partial charge in [-0.05, 0) is 6.92 Å². The largest absolute Gasteiger partial charge is 0.391 e. The maximum Gasteiger partial charge on any atom is 0.145 e. The van der Waals surface area contributed by atoms with Gasteiger partial charge >= 0.3 is 0 Å². The van der Waals surface area contributed by atoms with Gasteiger partial charge in [0.2, 0.25) is 0 Å². The molecule has 54 valence electrons. The van der Waals surface area contributed by atoms with Crippen molar-refractivity contribution in [3.8, 4) is 0 Å². The van der Waals surface area contributed by atoms with Crippen molar-refractivity contribution >= 4 is 18.1 Å². The van der Waals surface area contributed by atoms with Crippen LogP contribution in [0.4, 0.5) is 0 Å². The van der Waals surface area contributed by atoms with E-state index in [1.54, 1.807) is 0 Å². The van der Waals surface area contributed by atoms with Gasteiger partial charge in [-0.3, -0.25) is 0 Å². The molecule has 0 aromatic rings. The van der Waals surface area contributed by atoms with E-state index in [4.69, 9.17) is 10.6 Å². The Hall–Kier alpha value is -0.280. The summed E-state index contributed by atoms with van der Waals surface area (Å²) in [6.45, 7) is 2.51. The molecule has 0 saturated carbocycles. The van der Waals surface area contributed by atoms with Gasteiger partial charge < -0.3 is 10.6 Å². The second-order valence-corrected chi connectivity index (χ2v) is 1.99. The van der Waals surface area contributed by atoms with Crippen LogP contribution in [0.1, 0.15) is 13.3 Å². The minimum atomic E-state index is 0. The van der Waals surface area contributed by atoms with Crippen LogP contribution in [0, 0.1) is 0 Å². The molecule has 0 spiro atoms. The molecule has 1 aliphatic rings. The number of rotatable bonds is 1. The molecule has 1 atom stereocenters. The van der Waals surface area contributed by atoms with E-state index in [0.29, 0.717) is 6.54 Å². The quantitative estimate of drug-likeness (QED) is 0.593. The van der Waals surface area contributed by atoms with Gasteiger partial charge in [0.15, 0.2) is 0 Å². The average Bonchev–Trinajstić information content (AvgIpc) is 2.14. The molecule has 1 heterocycles. The second kappa shape index (κ2) is 3.69. The van der Waals surface area contributed by atoms with E-state index in [0.717, 1.165) is 12.1 Å². The first kappa shape index (κ1) is 8.72. The summed E-state index contributed by atoms with van der Waals surface area (Å²) in [5.74, 6) is 0. The molecule has 0 saturated heterocycles. The Bertz CT molecular complexity index is 116. The first-order valence-corrected chi connectivity index (χ1v) is 2.72. The Labute approximate surface area is 60.6 Å². The predicted octanol–water partition coefficient (Wildman–Crippen LogP) is 0.532. The molecule has 3 nitrogen and oxygen atoms in total. The lowest BCUT2D eigenvalue weighted by molar-refractivity contribution is 0.0918. The molecular formula is C5H11ClN2O. The van der Waals surface area contributed by atoms with E-state index < -0.39 is 0 Å². The van der Waals surface area contributed by atoms with Crippen molar-refractivity contribution in [1.82, 2.24) is 0 Å². The minimum absolute atomic E-state index is 0. The number of hydrogen-bond acceptors (Lipinski definition) is 3. The zero-order valence-corrected chi connectivity index (χ0v) is 6.15. The van der Waals surface area contributed by atoms with Gasteiger partial charge in [-0.2, -0.15) is 0 Å². The Morgan fingerprint density at radius 2 is 2.56 bits per heavy atom. The highest BCUT2D eigenvalue weighted by Gasteiger charge is 2.14. The third-order valence-electron chi connectivity index (χ3n) is 1.14. The molecule has 1 aliphatic heterocycles. The van der Waals surface area contributed by atoms with Crippen molar-refractivity contribution in [2.24, 2.45) is 10.9 Å². The van der Waals surface area contributed by atoms with Crippen LogP contribution in [0.2, 0.25) is 0 Å². The van der Waals surface area contributed by atoms with Crippen LogP contribution in [0.15, 0.2) is 5.16 Å². The molecule has 0 amide bonds. The van der Waals surface area contributed by atoms with Crippen molar-refractivity contribution in [3.05, 3.63) is 0 Å². The summed E-state index contributed by atoms with van der Waals surface area (Å²) in [5.41, 5.74) is 6.34. The number of hydrogen-bond donors (Lipinski definition) is 1. The van der Waals surface area contributed by atoms with Gasteiger partial charge in [0, 0.05) is 13.0 Å². The maximum absolute atomic E-state index is 5.30. The van der Waals surface area contributed by atoms with Crippen molar-refractivity contribution in [2.75, 3.05) is 6.54 Å². The van der Waals surface area contributed by atoms with E-state index in [-0.39, 0.29) is 18.5 Å². The first-order chi connectivity index (χ1) is 3.83. The Kier molecular flexibility index (Phi) is 3.58. The van der Waals surface area contributed by atoms with Crippen LogP contribution in [-0.2, 0) is 4.84 Å². The molecule has 4 heteroatoms. The molecule has 0 bridgehead atoms. The smallest absolute Gasteiger partial charge is 0.145 e. The molecule has 0 aromatic carbocycles. The summed E-state index contributed by atoms with van der Waals surface area (Å²) in [6.07, 6.45) is 1.05. The van der Waals surface area contributed by atoms with E-state index in [1.807, 2.05) is 6.92 Å². The lowest BCUT2D eigenvalue weighted by atomic mass is 10.2. The zero-order chi connectivity index (χ0) is 5.98. The Morgan fingerprint density at radius 1 is 1.89 bits per heavy atom. The highest BCUT2D eigenvalue weighted by molar-refractivity contribution is 5.85. The summed E-state index contributed by atoms with van der Waals surface area (Å²) in [7, 11) is 0. The van der Waals surface area contributed by atoms with Crippen molar-refractivity contribution in [2.45, 2.75) is 19.4 Å². The summed E-state index contributed by atoms with van der Waals surface area (Å²) in [6, 6.07) is 0. The monoisotopic (exact) mass is 150 g/mol. The Balaban J connectivity index is 0.000000640. The first-order valence-electron chi connectivity index (χ1n) is 2.72. The fraction of sp³-hybridized carbons (Fsp3) is 0.800. The van der Waals surface area contributed by atoms with Gasteiger partial charge in [0.1, 0.15) is 6.10 Å². The molecule has 1 unspecified atom stereocenters. The van der Waals surface area contributed by atoms with Gasteiger partial charge in [-0.25, -0.2) is 0 Å². The normalized spacial score (nSPS) is 24.2. The van der Waals surface area contributed by atoms with E-state index in [2.05, 4.69) is 5.16 Å². The van der Waals surface area contributed by atoms with E-state index in [1.165, 1.54) is 0 Å². The predicted molar refractivity (Wildman–Crippen MR) is 38.9 cm³/mol. The third-order valence-corrected chi connectivity index (χ3v) is 1.14. The summed E-state index contributed by atoms with van der Waals surface area (Å²) in [4.78, 5) is 4.88. The molecule has 1 rings (SSSR count). The van der Waals surface area contributed by atoms with Crippen LogP contribution in [0.3, 0.4) is 0 Å². The SMILES string of the molecule is CC1=NOC(CN)C1.Cl. The summed E-state index contributed by atoms with van der Waals surface area (Å²) < 4.78 is 0. The summed E-state index contributed by atoms with van der Waals surface area (Å²) in [5, 5.41) is 3.73. The molecule has 0 radical (unpaired) electrons. The lowest BCUT2D eigenvalue weighted by Gasteiger charge is -2.00. The molecule has 9 heavy (non-hydrogen) atoms. The summed E-state index contributed by atoms with van der Waals surface area (Å²) >= 11 is 0. The number of nitrogens with two attached hydrogens (primary N) is 1. The van der Waals surface area contributed by atoms with Crippen LogP contribution < -0.4 is 5.73 Å². The molecular weight excluding hydrogens is 140 g/mol. The number of halogens is 1. The molecule has 0 aromatic heterocycles. The van der Waals surface area contributed by atoms with Crippen LogP contribution in [0.25, 0.3) is 0 Å². The van der Waals surface area contributed by atoms with Crippen LogP contribution in [-0.4, -0.2) is 18.4 Å². The van der Waals surface area contributed by atoms with E-state index >= 15 is 0 Å². The fourth-order valence-electron chi connectivity index (χ4n) is 0.695. The highest BCUT2D eigenvalue weighted by Crippen LogP contribution is 2.07. The number of oxime groups is 1. The lowest BCUT2D eigenvalue weighted by Crippen LogP contribution is -2.19. The van der Waals surface area contributed by atoms with Gasteiger partial charge in [-0.15, -0.1) is 12.4 Å². The van der Waals surface area contributed by atoms with Crippen LogP contribution in [0.5, 0.6) is 0 Å². The van der Waals surface area contributed by atoms with Crippen LogP contribution >= 0.6 is 12.4 Å². The van der Waals surface area contributed by atoms with Gasteiger partial charge in [0.05, 0.1) is 5.71 Å². The van der Waals surface area contributed by atoms with Crippen molar-refractivity contribution < 1.29 is 4.84 Å². The molecule has 2 N–H and O–H groups in total. The van der Waals surface area contributed by atoms with Crippen molar-refractivity contribution in [1.29, 1.82) is 0 Å². The standard InChI is InChI=1S/C5H10N2O.ClH/c1-4-2-5(3-6)8-7-4;/h5H,2-3,6H2,1H3;1H. The molecule has 0 aliphatic carbocycles. The third kappa shape index (κ3) is 2.20. The maximum atomic E-state index is 5.30. The number of nitrogens with zero attached hydrogens (tertiary/aromatic N) is 1.